The molecule has 90 valence electrons. The Morgan fingerprint density at radius 3 is 2.76 bits per heavy atom. The van der Waals surface area contributed by atoms with Crippen LogP contribution in [0.4, 0.5) is 0 Å². The summed E-state index contributed by atoms with van der Waals surface area (Å²) in [6, 6.07) is 7.10. The number of carbonyl (C=O) groups excluding carboxylic acids is 1. The fourth-order valence-electron chi connectivity index (χ4n) is 1.62. The highest BCUT2D eigenvalue weighted by Gasteiger charge is 2.24. The molecular formula is C13H16N2O2. The minimum absolute atomic E-state index is 0.234. The van der Waals surface area contributed by atoms with Crippen molar-refractivity contribution < 1.29 is 9.53 Å². The average Bonchev–Trinajstić information content (AvgIpc) is 3.19. The lowest BCUT2D eigenvalue weighted by Crippen LogP contribution is -2.20. The lowest BCUT2D eigenvalue weighted by Gasteiger charge is -2.06. The van der Waals surface area contributed by atoms with Gasteiger partial charge in [-0.05, 0) is 37.8 Å². The third-order valence-electron chi connectivity index (χ3n) is 2.85. The van der Waals surface area contributed by atoms with Gasteiger partial charge < -0.3 is 4.74 Å². The highest BCUT2D eigenvalue weighted by molar-refractivity contribution is 5.98. The first-order valence-electron chi connectivity index (χ1n) is 5.70. The first kappa shape index (κ1) is 11.6. The van der Waals surface area contributed by atoms with Crippen molar-refractivity contribution in [1.82, 2.24) is 5.43 Å². The van der Waals surface area contributed by atoms with Gasteiger partial charge in [0.1, 0.15) is 5.75 Å². The maximum absolute atomic E-state index is 11.9. The van der Waals surface area contributed by atoms with Crippen LogP contribution in [-0.2, 0) is 0 Å². The van der Waals surface area contributed by atoms with E-state index in [1.54, 1.807) is 25.3 Å². The largest absolute Gasteiger partial charge is 0.496 e. The Morgan fingerprint density at radius 2 is 2.12 bits per heavy atom. The number of amides is 1. The molecule has 0 aliphatic heterocycles. The Bertz CT molecular complexity index is 450. The van der Waals surface area contributed by atoms with E-state index < -0.39 is 0 Å². The van der Waals surface area contributed by atoms with Gasteiger partial charge in [-0.2, -0.15) is 5.10 Å². The summed E-state index contributed by atoms with van der Waals surface area (Å²) in [4.78, 5) is 11.9. The molecule has 1 aromatic carbocycles. The fourth-order valence-corrected chi connectivity index (χ4v) is 1.62. The molecule has 0 radical (unpaired) electrons. The molecule has 0 aromatic heterocycles. The highest BCUT2D eigenvalue weighted by Crippen LogP contribution is 2.30. The number of para-hydroxylation sites is 1. The van der Waals surface area contributed by atoms with Crippen LogP contribution in [0.2, 0.25) is 0 Å². The Kier molecular flexibility index (Phi) is 3.42. The van der Waals surface area contributed by atoms with E-state index in [4.69, 9.17) is 4.74 Å². The van der Waals surface area contributed by atoms with Crippen LogP contribution in [0.3, 0.4) is 0 Å². The maximum atomic E-state index is 11.9. The van der Waals surface area contributed by atoms with Gasteiger partial charge in [0.25, 0.3) is 5.91 Å². The zero-order chi connectivity index (χ0) is 12.3. The predicted octanol–water partition coefficient (Wildman–Crippen LogP) is 2.21. The van der Waals surface area contributed by atoms with Gasteiger partial charge >= 0.3 is 0 Å². The summed E-state index contributed by atoms with van der Waals surface area (Å²) in [6.07, 6.45) is 2.36. The van der Waals surface area contributed by atoms with E-state index in [2.05, 4.69) is 10.5 Å². The Morgan fingerprint density at radius 1 is 1.41 bits per heavy atom. The fraction of sp³-hybridized carbons (Fsp3) is 0.385. The average molecular weight is 232 g/mol. The number of methoxy groups -OCH3 is 1. The number of carbonyl (C=O) groups is 1. The van der Waals surface area contributed by atoms with Crippen molar-refractivity contribution >= 4 is 11.6 Å². The second-order valence-corrected chi connectivity index (χ2v) is 4.17. The number of nitrogens with zero attached hydrogens (tertiary/aromatic N) is 1. The van der Waals surface area contributed by atoms with Gasteiger partial charge in [-0.1, -0.05) is 12.1 Å². The number of ether oxygens (including phenoxy) is 1. The number of hydrogen-bond acceptors (Lipinski definition) is 3. The molecule has 1 saturated carbocycles. The van der Waals surface area contributed by atoms with Gasteiger partial charge in [0.05, 0.1) is 12.7 Å². The zero-order valence-corrected chi connectivity index (χ0v) is 10.1. The molecule has 0 saturated heterocycles. The van der Waals surface area contributed by atoms with Crippen molar-refractivity contribution in [2.45, 2.75) is 19.8 Å². The van der Waals surface area contributed by atoms with Gasteiger partial charge in [0.2, 0.25) is 0 Å². The third-order valence-corrected chi connectivity index (χ3v) is 2.85. The molecule has 4 heteroatoms. The van der Waals surface area contributed by atoms with Crippen LogP contribution in [-0.4, -0.2) is 18.7 Å². The minimum atomic E-state index is -0.234. The summed E-state index contributed by atoms with van der Waals surface area (Å²) in [6.45, 7) is 1.94. The topological polar surface area (TPSA) is 50.7 Å². The van der Waals surface area contributed by atoms with Gasteiger partial charge in [0, 0.05) is 5.71 Å². The first-order valence-corrected chi connectivity index (χ1v) is 5.70. The van der Waals surface area contributed by atoms with Crippen LogP contribution in [0.15, 0.2) is 29.4 Å². The molecule has 1 aromatic rings. The summed E-state index contributed by atoms with van der Waals surface area (Å²) >= 11 is 0. The van der Waals surface area contributed by atoms with Crippen LogP contribution < -0.4 is 10.2 Å². The molecule has 0 bridgehead atoms. The monoisotopic (exact) mass is 232 g/mol. The van der Waals surface area contributed by atoms with Crippen LogP contribution >= 0.6 is 0 Å². The van der Waals surface area contributed by atoms with E-state index in [1.807, 2.05) is 13.0 Å². The van der Waals surface area contributed by atoms with Crippen molar-refractivity contribution in [2.24, 2.45) is 11.0 Å². The number of rotatable bonds is 4. The van der Waals surface area contributed by atoms with E-state index >= 15 is 0 Å². The van der Waals surface area contributed by atoms with Gasteiger partial charge in [-0.25, -0.2) is 5.43 Å². The van der Waals surface area contributed by atoms with Crippen LogP contribution in [0.1, 0.15) is 30.1 Å². The molecule has 2 rings (SSSR count). The molecule has 0 spiro atoms. The Hall–Kier alpha value is -1.84. The number of benzene rings is 1. The normalized spacial score (nSPS) is 15.5. The summed E-state index contributed by atoms with van der Waals surface area (Å²) in [5.41, 5.74) is 4.06. The molecule has 1 fully saturated rings. The van der Waals surface area contributed by atoms with E-state index in [0.29, 0.717) is 17.2 Å². The molecule has 1 N–H and O–H groups in total. The van der Waals surface area contributed by atoms with Crippen molar-refractivity contribution in [2.75, 3.05) is 7.11 Å². The number of hydrazone groups is 1. The van der Waals surface area contributed by atoms with Crippen molar-refractivity contribution in [3.05, 3.63) is 29.8 Å². The van der Waals surface area contributed by atoms with Crippen molar-refractivity contribution in [3.8, 4) is 5.75 Å². The van der Waals surface area contributed by atoms with Gasteiger partial charge in [0.15, 0.2) is 0 Å². The summed E-state index contributed by atoms with van der Waals surface area (Å²) in [5, 5.41) is 4.10. The molecule has 17 heavy (non-hydrogen) atoms. The van der Waals surface area contributed by atoms with Gasteiger partial charge in [-0.3, -0.25) is 4.79 Å². The molecule has 1 aliphatic rings. The second-order valence-electron chi connectivity index (χ2n) is 4.17. The zero-order valence-electron chi connectivity index (χ0n) is 10.1. The Balaban J connectivity index is 2.06. The van der Waals surface area contributed by atoms with Crippen molar-refractivity contribution in [3.63, 3.8) is 0 Å². The van der Waals surface area contributed by atoms with E-state index in [0.717, 1.165) is 5.71 Å². The number of hydrogen-bond donors (Lipinski definition) is 1. The highest BCUT2D eigenvalue weighted by atomic mass is 16.5. The summed E-state index contributed by atoms with van der Waals surface area (Å²) < 4.78 is 5.12. The standard InChI is InChI=1S/C13H16N2O2/c1-9(10-7-8-10)14-15-13(16)11-5-3-4-6-12(11)17-2/h3-6,10H,7-8H2,1-2H3,(H,15,16)/b14-9+. The molecule has 0 heterocycles. The minimum Gasteiger partial charge on any atom is -0.496 e. The lowest BCUT2D eigenvalue weighted by molar-refractivity contribution is 0.0951. The summed E-state index contributed by atoms with van der Waals surface area (Å²) in [5.74, 6) is 0.889. The molecule has 1 aliphatic carbocycles. The summed E-state index contributed by atoms with van der Waals surface area (Å²) in [7, 11) is 1.55. The molecule has 4 nitrogen and oxygen atoms in total. The maximum Gasteiger partial charge on any atom is 0.275 e. The smallest absolute Gasteiger partial charge is 0.275 e. The van der Waals surface area contributed by atoms with E-state index in [1.165, 1.54) is 12.8 Å². The van der Waals surface area contributed by atoms with Crippen LogP contribution in [0.25, 0.3) is 0 Å². The number of nitrogens with one attached hydrogen (secondary N) is 1. The van der Waals surface area contributed by atoms with Gasteiger partial charge in [-0.15, -0.1) is 0 Å². The SMILES string of the molecule is COc1ccccc1C(=O)N/N=C(\C)C1CC1. The van der Waals surface area contributed by atoms with Crippen LogP contribution in [0, 0.1) is 5.92 Å². The van der Waals surface area contributed by atoms with Crippen molar-refractivity contribution in [1.29, 1.82) is 0 Å². The quantitative estimate of drug-likeness (QED) is 0.639. The third kappa shape index (κ3) is 2.84. The Labute approximate surface area is 101 Å². The molecule has 0 atom stereocenters. The first-order chi connectivity index (χ1) is 8.22. The van der Waals surface area contributed by atoms with E-state index in [9.17, 15) is 4.79 Å². The lowest BCUT2D eigenvalue weighted by atomic mass is 10.2. The predicted molar refractivity (Wildman–Crippen MR) is 66.3 cm³/mol. The second kappa shape index (κ2) is 4.99. The van der Waals surface area contributed by atoms with Crippen LogP contribution in [0.5, 0.6) is 5.75 Å². The molecule has 1 amide bonds. The molecule has 0 unspecified atom stereocenters. The van der Waals surface area contributed by atoms with E-state index in [-0.39, 0.29) is 5.91 Å². The molecular weight excluding hydrogens is 216 g/mol.